The molecule has 6 rings (SSSR count). The van der Waals surface area contributed by atoms with Gasteiger partial charge in [0.05, 0.1) is 57.9 Å². The van der Waals surface area contributed by atoms with Crippen LogP contribution in [0.1, 0.15) is 195 Å². The van der Waals surface area contributed by atoms with Gasteiger partial charge in [0.2, 0.25) is 11.8 Å². The molecule has 620 valence electrons. The van der Waals surface area contributed by atoms with Crippen molar-refractivity contribution in [2.75, 3.05) is 39.6 Å². The van der Waals surface area contributed by atoms with Gasteiger partial charge in [-0.2, -0.15) is 0 Å². The first-order chi connectivity index (χ1) is 50.9. The molecule has 0 aromatic rings. The molecular formula is C72H130N2O32. The second kappa shape index (κ2) is 48.5. The molecule has 6 fully saturated rings. The largest absolute Gasteiger partial charge is 0.394 e. The molecule has 6 saturated heterocycles. The van der Waals surface area contributed by atoms with E-state index in [1.54, 1.807) is 6.08 Å². The summed E-state index contributed by atoms with van der Waals surface area (Å²) in [6, 6.07) is -2.97. The number of hydrogen-bond donors (Lipinski definition) is 20. The van der Waals surface area contributed by atoms with Gasteiger partial charge in [-0.15, -0.1) is 0 Å². The molecule has 106 heavy (non-hydrogen) atoms. The Labute approximate surface area is 621 Å². The fraction of sp³-hybridized carbons (Fsp3) is 0.944. The van der Waals surface area contributed by atoms with E-state index in [1.807, 2.05) is 6.08 Å². The van der Waals surface area contributed by atoms with Crippen LogP contribution in [0.3, 0.4) is 0 Å². The number of unbranched alkanes of at least 4 members (excludes halogenated alkanes) is 23. The van der Waals surface area contributed by atoms with Crippen LogP contribution >= 0.6 is 0 Å². The van der Waals surface area contributed by atoms with Crippen LogP contribution in [-0.2, 0) is 66.4 Å². The first-order valence-corrected chi connectivity index (χ1v) is 38.8. The summed E-state index contributed by atoms with van der Waals surface area (Å²) in [6.45, 7) is 1.18. The molecule has 6 aliphatic heterocycles. The van der Waals surface area contributed by atoms with Crippen LogP contribution in [0.25, 0.3) is 0 Å². The molecule has 0 spiro atoms. The van der Waals surface area contributed by atoms with Crippen LogP contribution in [0.5, 0.6) is 0 Å². The van der Waals surface area contributed by atoms with Crippen molar-refractivity contribution < 1.29 is 158 Å². The van der Waals surface area contributed by atoms with E-state index in [-0.39, 0.29) is 12.3 Å². The van der Waals surface area contributed by atoms with Crippen LogP contribution in [-0.4, -0.2) is 340 Å². The molecule has 0 aliphatic carbocycles. The lowest BCUT2D eigenvalue weighted by molar-refractivity contribution is -0.404. The van der Waals surface area contributed by atoms with Gasteiger partial charge in [0, 0.05) is 13.3 Å². The number of aliphatic hydroxyl groups is 18. The predicted octanol–water partition coefficient (Wildman–Crippen LogP) is -2.32. The molecule has 0 aromatic carbocycles. The average molecular weight is 1540 g/mol. The van der Waals surface area contributed by atoms with Crippen molar-refractivity contribution in [3.05, 3.63) is 12.2 Å². The number of aliphatic hydroxyl groups excluding tert-OH is 18. The topological polar surface area (TPSA) is 533 Å². The molecule has 6 heterocycles. The first kappa shape index (κ1) is 92.3. The molecule has 34 nitrogen and oxygen atoms in total. The summed E-state index contributed by atoms with van der Waals surface area (Å²) in [5.41, 5.74) is 0. The Morgan fingerprint density at radius 1 is 0.387 bits per heavy atom. The number of carbonyl (C=O) groups excluding carboxylic acids is 2. The maximum atomic E-state index is 13.5. The van der Waals surface area contributed by atoms with Crippen molar-refractivity contribution in [1.82, 2.24) is 10.6 Å². The molecule has 0 bridgehead atoms. The van der Waals surface area contributed by atoms with Gasteiger partial charge in [0.25, 0.3) is 0 Å². The highest BCUT2D eigenvalue weighted by molar-refractivity contribution is 5.76. The van der Waals surface area contributed by atoms with E-state index in [2.05, 4.69) is 24.5 Å². The third-order valence-electron chi connectivity index (χ3n) is 20.8. The van der Waals surface area contributed by atoms with Crippen molar-refractivity contribution in [2.24, 2.45) is 0 Å². The number of amides is 2. The van der Waals surface area contributed by atoms with E-state index in [9.17, 15) is 102 Å². The Hall–Kier alpha value is -2.52. The molecule has 6 aliphatic rings. The lowest BCUT2D eigenvalue weighted by atomic mass is 9.94. The van der Waals surface area contributed by atoms with Gasteiger partial charge in [-0.05, 0) is 26.2 Å². The molecule has 0 radical (unpaired) electrons. The van der Waals surface area contributed by atoms with Crippen LogP contribution in [0, 0.1) is 0 Å². The maximum Gasteiger partial charge on any atom is 0.220 e. The van der Waals surface area contributed by atoms with E-state index < -0.39 is 242 Å². The Morgan fingerprint density at radius 3 is 1.29 bits per heavy atom. The number of carbonyl (C=O) groups is 2. The SMILES string of the molecule is CCCCCCCCCCCCC/C=C/[C@@H](O)[C@H](CO[C@@H]1OC(CO)[C@@H](O[C@@H]2OC(CO)[C@H](O)[C@H](O[C@@H]3OC(CO)[C@@H](O)[C@H](O[C@@H]4OC(CO)[C@H](O)[C@H](O[C@H]5OC(CO)[C@H](O)[C@H](O)C5O)C4O[C@H]4OC(C)[C@@H](O)C(O)[C@@H]4O)C3NC(C)=O)C2O)[C@H](O)C1O)NC(=O)CCCCCCCCCCCCCCC. The molecule has 2 amide bonds. The quantitative estimate of drug-likeness (QED) is 0.0225. The van der Waals surface area contributed by atoms with Crippen molar-refractivity contribution in [1.29, 1.82) is 0 Å². The number of rotatable bonds is 48. The minimum atomic E-state index is -2.24. The smallest absolute Gasteiger partial charge is 0.220 e. The molecule has 32 atom stereocenters. The summed E-state index contributed by atoms with van der Waals surface area (Å²) >= 11 is 0. The van der Waals surface area contributed by atoms with E-state index in [0.29, 0.717) is 12.8 Å². The van der Waals surface area contributed by atoms with Crippen LogP contribution < -0.4 is 10.6 Å². The summed E-state index contributed by atoms with van der Waals surface area (Å²) in [6.07, 6.45) is -26.0. The third-order valence-corrected chi connectivity index (χ3v) is 20.8. The molecule has 0 aromatic heterocycles. The monoisotopic (exact) mass is 1530 g/mol. The minimum absolute atomic E-state index is 0.171. The second-order valence-corrected chi connectivity index (χ2v) is 29.2. The maximum absolute atomic E-state index is 13.5. The molecule has 0 saturated carbocycles. The van der Waals surface area contributed by atoms with E-state index in [4.69, 9.17) is 56.8 Å². The van der Waals surface area contributed by atoms with Gasteiger partial charge in [-0.25, -0.2) is 0 Å². The van der Waals surface area contributed by atoms with Gasteiger partial charge in [-0.3, -0.25) is 9.59 Å². The van der Waals surface area contributed by atoms with Crippen molar-refractivity contribution in [2.45, 2.75) is 391 Å². The Bertz CT molecular complexity index is 2420. The fourth-order valence-corrected chi connectivity index (χ4v) is 14.3. The lowest BCUT2D eigenvalue weighted by Crippen LogP contribution is -2.71. The average Bonchev–Trinajstić information content (AvgIpc) is 0.768. The van der Waals surface area contributed by atoms with Crippen molar-refractivity contribution >= 4 is 11.8 Å². The van der Waals surface area contributed by atoms with Gasteiger partial charge in [0.1, 0.15) is 140 Å². The lowest BCUT2D eigenvalue weighted by Gasteiger charge is -2.51. The minimum Gasteiger partial charge on any atom is -0.394 e. The summed E-state index contributed by atoms with van der Waals surface area (Å²) in [7, 11) is 0. The fourth-order valence-electron chi connectivity index (χ4n) is 14.3. The number of hydrogen-bond acceptors (Lipinski definition) is 32. The van der Waals surface area contributed by atoms with E-state index >= 15 is 0 Å². The van der Waals surface area contributed by atoms with Crippen molar-refractivity contribution in [3.8, 4) is 0 Å². The van der Waals surface area contributed by atoms with Gasteiger partial charge in [-0.1, -0.05) is 167 Å². The Balaban J connectivity index is 1.16. The zero-order valence-electron chi connectivity index (χ0n) is 62.0. The van der Waals surface area contributed by atoms with Crippen LogP contribution in [0.2, 0.25) is 0 Å². The number of nitrogens with one attached hydrogen (secondary N) is 2. The predicted molar refractivity (Wildman–Crippen MR) is 372 cm³/mol. The number of ether oxygens (including phenoxy) is 12. The van der Waals surface area contributed by atoms with Gasteiger partial charge in [0.15, 0.2) is 37.7 Å². The highest BCUT2D eigenvalue weighted by atomic mass is 16.8. The Morgan fingerprint density at radius 2 is 0.774 bits per heavy atom. The van der Waals surface area contributed by atoms with Crippen molar-refractivity contribution in [3.63, 3.8) is 0 Å². The molecule has 20 N–H and O–H groups in total. The van der Waals surface area contributed by atoms with E-state index in [0.717, 1.165) is 58.3 Å². The Kier molecular flexibility index (Phi) is 42.3. The van der Waals surface area contributed by atoms with Gasteiger partial charge >= 0.3 is 0 Å². The molecule has 12 unspecified atom stereocenters. The molecular weight excluding hydrogens is 1400 g/mol. The molecule has 34 heteroatoms. The zero-order valence-corrected chi connectivity index (χ0v) is 62.0. The summed E-state index contributed by atoms with van der Waals surface area (Å²) in [4.78, 5) is 26.8. The standard InChI is InChI=1S/C72H130N2O32/c1-5-7-9-11-13-15-17-19-21-23-25-27-29-31-42(81)41(74-48(82)32-30-28-26-24-22-20-18-16-14-12-10-8-6-2)38-95-68-60(93)57(90)62(47(37-79)101-68)102-71-61(94)64(53(86)45(35-77)99-71)104-67-49(73-40(4)80)63(52(85)44(34-76)97-67)103-72-66(106-69-58(91)55(88)50(83)39(3)96-69)65(54(87)46(36-78)100-72)105-70-59(92)56(89)51(84)43(33-75)98-70/h29,31,39,41-47,49-72,75-79,81,83-94H,5-28,30,32-38H2,1-4H3,(H,73,80)(H,74,82)/b31-29+/t39?,41-,42+,43?,44?,45?,46?,47?,49?,50+,51-,52+,53-,54-,55?,56-,57+,58-,59?,60?,61?,62+,63+,64-,65-,66?,67-,68+,69+,70+,71-,72-/m0/s1. The zero-order chi connectivity index (χ0) is 77.6. The highest BCUT2D eigenvalue weighted by Crippen LogP contribution is 2.39. The van der Waals surface area contributed by atoms with Crippen LogP contribution in [0.15, 0.2) is 12.2 Å². The first-order valence-electron chi connectivity index (χ1n) is 38.8. The summed E-state index contributed by atoms with van der Waals surface area (Å²) < 4.78 is 71.7. The van der Waals surface area contributed by atoms with E-state index in [1.165, 1.54) is 103 Å². The highest BCUT2D eigenvalue weighted by Gasteiger charge is 2.59. The summed E-state index contributed by atoms with van der Waals surface area (Å²) in [5.74, 6) is -1.25. The second-order valence-electron chi connectivity index (χ2n) is 29.2. The third kappa shape index (κ3) is 27.1. The normalized spacial score (nSPS) is 38.7. The number of allylic oxidation sites excluding steroid dienone is 1. The van der Waals surface area contributed by atoms with Crippen LogP contribution in [0.4, 0.5) is 0 Å². The van der Waals surface area contributed by atoms with Gasteiger partial charge < -0.3 is 159 Å². The summed E-state index contributed by atoms with van der Waals surface area (Å²) in [5, 5.41) is 206.